The quantitative estimate of drug-likeness (QED) is 0.523. The molecule has 0 saturated heterocycles. The van der Waals surface area contributed by atoms with Crippen molar-refractivity contribution < 1.29 is 9.53 Å². The molecule has 2 N–H and O–H groups in total. The van der Waals surface area contributed by atoms with Gasteiger partial charge in [-0.05, 0) is 63.6 Å². The number of aromatic nitrogens is 2. The van der Waals surface area contributed by atoms with Crippen LogP contribution in [0.1, 0.15) is 25.2 Å². The average Bonchev–Trinajstić information content (AvgIpc) is 2.75. The number of rotatable bonds is 9. The Bertz CT molecular complexity index is 1020. The molecule has 0 aliphatic rings. The highest BCUT2D eigenvalue weighted by molar-refractivity contribution is 5.92. The third kappa shape index (κ3) is 6.18. The van der Waals surface area contributed by atoms with Crippen LogP contribution in [0.4, 0.5) is 23.0 Å². The molecule has 1 heterocycles. The summed E-state index contributed by atoms with van der Waals surface area (Å²) in [5, 5.41) is 6.15. The Labute approximate surface area is 183 Å². The van der Waals surface area contributed by atoms with Crippen LogP contribution in [-0.4, -0.2) is 35.6 Å². The third-order valence-corrected chi connectivity index (χ3v) is 4.81. The van der Waals surface area contributed by atoms with Crippen LogP contribution in [0.5, 0.6) is 5.75 Å². The Balaban J connectivity index is 1.59. The third-order valence-electron chi connectivity index (χ3n) is 4.81. The van der Waals surface area contributed by atoms with Gasteiger partial charge in [0.15, 0.2) is 6.61 Å². The van der Waals surface area contributed by atoms with E-state index in [4.69, 9.17) is 4.74 Å². The van der Waals surface area contributed by atoms with E-state index in [-0.39, 0.29) is 12.5 Å². The lowest BCUT2D eigenvalue weighted by Gasteiger charge is -2.20. The largest absolute Gasteiger partial charge is 0.483 e. The molecule has 0 saturated carbocycles. The number of benzene rings is 2. The number of aryl methyl sites for hydroxylation is 2. The molecule has 3 aromatic rings. The van der Waals surface area contributed by atoms with Crippen molar-refractivity contribution in [3.8, 4) is 5.75 Å². The Morgan fingerprint density at radius 3 is 2.32 bits per heavy atom. The van der Waals surface area contributed by atoms with E-state index >= 15 is 0 Å². The van der Waals surface area contributed by atoms with Crippen LogP contribution in [0.2, 0.25) is 0 Å². The van der Waals surface area contributed by atoms with Crippen molar-refractivity contribution >= 4 is 28.9 Å². The highest BCUT2D eigenvalue weighted by Crippen LogP contribution is 2.21. The first-order chi connectivity index (χ1) is 15.0. The van der Waals surface area contributed by atoms with E-state index in [9.17, 15) is 4.79 Å². The van der Waals surface area contributed by atoms with Crippen molar-refractivity contribution in [3.63, 3.8) is 0 Å². The van der Waals surface area contributed by atoms with Crippen molar-refractivity contribution in [2.75, 3.05) is 35.2 Å². The molecular formula is C24H29N5O2. The summed E-state index contributed by atoms with van der Waals surface area (Å²) in [6.07, 6.45) is 0. The Morgan fingerprint density at radius 1 is 0.968 bits per heavy atom. The van der Waals surface area contributed by atoms with Crippen molar-refractivity contribution in [1.82, 2.24) is 9.97 Å². The van der Waals surface area contributed by atoms with E-state index in [1.807, 2.05) is 68.4 Å². The molecule has 162 valence electrons. The molecule has 0 radical (unpaired) electrons. The number of carbonyl (C=O) groups is 1. The number of ether oxygens (including phenoxy) is 1. The summed E-state index contributed by atoms with van der Waals surface area (Å²) in [6.45, 7) is 9.76. The molecule has 0 bridgehead atoms. The molecule has 0 fully saturated rings. The number of hydrogen-bond donors (Lipinski definition) is 2. The number of nitrogens with one attached hydrogen (secondary N) is 2. The second-order valence-corrected chi connectivity index (χ2v) is 7.14. The first kappa shape index (κ1) is 22.1. The molecule has 1 amide bonds. The van der Waals surface area contributed by atoms with Crippen LogP contribution in [0.3, 0.4) is 0 Å². The van der Waals surface area contributed by atoms with Crippen LogP contribution < -0.4 is 20.3 Å². The molecule has 0 atom stereocenters. The lowest BCUT2D eigenvalue weighted by atomic mass is 10.2. The van der Waals surface area contributed by atoms with E-state index < -0.39 is 0 Å². The second-order valence-electron chi connectivity index (χ2n) is 7.14. The minimum atomic E-state index is -0.209. The van der Waals surface area contributed by atoms with Crippen LogP contribution >= 0.6 is 0 Å². The standard InChI is InChI=1S/C24H29N5O2/c1-5-29(6-2)23-15-22(25-18(4)26-23)27-19-11-13-20(14-12-19)28-24(30)16-31-21-10-8-7-9-17(21)3/h7-15H,5-6,16H2,1-4H3,(H,28,30)(H,25,26,27). The van der Waals surface area contributed by atoms with E-state index in [2.05, 4.69) is 39.3 Å². The molecule has 0 aliphatic carbocycles. The van der Waals surface area contributed by atoms with Gasteiger partial charge in [-0.3, -0.25) is 4.79 Å². The molecule has 1 aromatic heterocycles. The maximum atomic E-state index is 12.2. The summed E-state index contributed by atoms with van der Waals surface area (Å²) in [5.41, 5.74) is 2.57. The minimum Gasteiger partial charge on any atom is -0.483 e. The van der Waals surface area contributed by atoms with Crippen molar-refractivity contribution in [2.45, 2.75) is 27.7 Å². The number of nitrogens with zero attached hydrogens (tertiary/aromatic N) is 3. The van der Waals surface area contributed by atoms with Crippen molar-refractivity contribution in [2.24, 2.45) is 0 Å². The molecule has 7 heteroatoms. The molecule has 0 unspecified atom stereocenters. The predicted octanol–water partition coefficient (Wildman–Crippen LogP) is 4.70. The van der Waals surface area contributed by atoms with E-state index in [1.165, 1.54) is 0 Å². The Morgan fingerprint density at radius 2 is 1.65 bits per heavy atom. The monoisotopic (exact) mass is 419 g/mol. The number of para-hydroxylation sites is 1. The predicted molar refractivity (Wildman–Crippen MR) is 125 cm³/mol. The maximum absolute atomic E-state index is 12.2. The fourth-order valence-electron chi connectivity index (χ4n) is 3.17. The van der Waals surface area contributed by atoms with Crippen LogP contribution in [0.25, 0.3) is 0 Å². The highest BCUT2D eigenvalue weighted by atomic mass is 16.5. The van der Waals surface area contributed by atoms with Gasteiger partial charge >= 0.3 is 0 Å². The Hall–Kier alpha value is -3.61. The van der Waals surface area contributed by atoms with Gasteiger partial charge in [-0.15, -0.1) is 0 Å². The summed E-state index contributed by atoms with van der Waals surface area (Å²) in [6, 6.07) is 17.0. The number of hydrogen-bond acceptors (Lipinski definition) is 6. The van der Waals surface area contributed by atoms with Gasteiger partial charge in [0.2, 0.25) is 0 Å². The van der Waals surface area contributed by atoms with E-state index in [1.54, 1.807) is 0 Å². The SMILES string of the molecule is CCN(CC)c1cc(Nc2ccc(NC(=O)COc3ccccc3C)cc2)nc(C)n1. The topological polar surface area (TPSA) is 79.4 Å². The zero-order valence-electron chi connectivity index (χ0n) is 18.5. The maximum Gasteiger partial charge on any atom is 0.262 e. The highest BCUT2D eigenvalue weighted by Gasteiger charge is 2.09. The molecular weight excluding hydrogens is 390 g/mol. The van der Waals surface area contributed by atoms with Gasteiger partial charge in [0.05, 0.1) is 0 Å². The number of carbonyl (C=O) groups excluding carboxylic acids is 1. The lowest BCUT2D eigenvalue weighted by molar-refractivity contribution is -0.118. The average molecular weight is 420 g/mol. The van der Waals surface area contributed by atoms with Crippen LogP contribution in [-0.2, 0) is 4.79 Å². The lowest BCUT2D eigenvalue weighted by Crippen LogP contribution is -2.23. The smallest absolute Gasteiger partial charge is 0.262 e. The summed E-state index contributed by atoms with van der Waals surface area (Å²) >= 11 is 0. The van der Waals surface area contributed by atoms with Crippen molar-refractivity contribution in [3.05, 3.63) is 66.0 Å². The summed E-state index contributed by atoms with van der Waals surface area (Å²) in [7, 11) is 0. The van der Waals surface area contributed by atoms with Gasteiger partial charge in [-0.1, -0.05) is 18.2 Å². The summed E-state index contributed by atoms with van der Waals surface area (Å²) in [5.74, 6) is 2.85. The second kappa shape index (κ2) is 10.4. The van der Waals surface area contributed by atoms with Gasteiger partial charge < -0.3 is 20.3 Å². The minimum absolute atomic E-state index is 0.0425. The number of amides is 1. The number of anilines is 4. The first-order valence-electron chi connectivity index (χ1n) is 10.4. The van der Waals surface area contributed by atoms with Gasteiger partial charge in [-0.25, -0.2) is 9.97 Å². The van der Waals surface area contributed by atoms with Gasteiger partial charge in [0, 0.05) is 30.5 Å². The molecule has 7 nitrogen and oxygen atoms in total. The normalized spacial score (nSPS) is 10.5. The van der Waals surface area contributed by atoms with E-state index in [0.29, 0.717) is 17.3 Å². The fourth-order valence-corrected chi connectivity index (χ4v) is 3.17. The molecule has 31 heavy (non-hydrogen) atoms. The van der Waals surface area contributed by atoms with Crippen LogP contribution in [0.15, 0.2) is 54.6 Å². The molecule has 0 aliphatic heterocycles. The molecule has 3 rings (SSSR count). The summed E-state index contributed by atoms with van der Waals surface area (Å²) < 4.78 is 5.59. The Kier molecular flexibility index (Phi) is 7.43. The van der Waals surface area contributed by atoms with Gasteiger partial charge in [0.25, 0.3) is 5.91 Å². The zero-order chi connectivity index (χ0) is 22.2. The van der Waals surface area contributed by atoms with E-state index in [0.717, 1.165) is 36.0 Å². The fraction of sp³-hybridized carbons (Fsp3) is 0.292. The van der Waals surface area contributed by atoms with Crippen molar-refractivity contribution in [1.29, 1.82) is 0 Å². The van der Waals surface area contributed by atoms with Gasteiger partial charge in [-0.2, -0.15) is 0 Å². The van der Waals surface area contributed by atoms with Crippen LogP contribution in [0, 0.1) is 13.8 Å². The molecule has 2 aromatic carbocycles. The first-order valence-corrected chi connectivity index (χ1v) is 10.4. The van der Waals surface area contributed by atoms with Gasteiger partial charge in [0.1, 0.15) is 23.2 Å². The summed E-state index contributed by atoms with van der Waals surface area (Å²) in [4.78, 5) is 23.4. The molecule has 0 spiro atoms. The zero-order valence-corrected chi connectivity index (χ0v) is 18.5.